The van der Waals surface area contributed by atoms with Crippen LogP contribution in [0, 0.1) is 21.4 Å². The minimum absolute atomic E-state index is 0.0768. The lowest BCUT2D eigenvalue weighted by Crippen LogP contribution is -2.30. The number of carbonyl (C=O) groups is 1. The second-order valence-electron chi connectivity index (χ2n) is 5.00. The van der Waals surface area contributed by atoms with Gasteiger partial charge in [0, 0.05) is 6.07 Å². The molecule has 128 valence electrons. The highest BCUT2D eigenvalue weighted by Crippen LogP contribution is 2.32. The molecule has 2 aromatic rings. The second-order valence-corrected chi connectivity index (χ2v) is 5.00. The summed E-state index contributed by atoms with van der Waals surface area (Å²) in [7, 11) is 1.39. The Bertz CT molecular complexity index is 844. The van der Waals surface area contributed by atoms with E-state index in [1.807, 2.05) is 6.07 Å². The largest absolute Gasteiger partial charge is 0.493 e. The molecule has 0 fully saturated rings. The highest BCUT2D eigenvalue weighted by molar-refractivity contribution is 5.95. The minimum atomic E-state index is -0.970. The molecule has 0 aliphatic heterocycles. The van der Waals surface area contributed by atoms with Crippen LogP contribution >= 0.6 is 0 Å². The fraction of sp³-hybridized carbons (Fsp3) is 0.176. The lowest BCUT2D eigenvalue weighted by Gasteiger charge is -2.17. The Morgan fingerprint density at radius 2 is 2.00 bits per heavy atom. The third kappa shape index (κ3) is 4.23. The number of rotatable bonds is 6. The first-order chi connectivity index (χ1) is 12.0. The Hall–Kier alpha value is -3.60. The van der Waals surface area contributed by atoms with Gasteiger partial charge in [-0.1, -0.05) is 12.1 Å². The first-order valence-corrected chi connectivity index (χ1v) is 7.25. The number of para-hydroxylation sites is 1. The molecule has 0 heterocycles. The number of nitro groups is 1. The van der Waals surface area contributed by atoms with E-state index in [4.69, 9.17) is 14.7 Å². The van der Waals surface area contributed by atoms with E-state index in [0.717, 1.165) is 0 Å². The zero-order valence-electron chi connectivity index (χ0n) is 13.6. The van der Waals surface area contributed by atoms with Crippen LogP contribution in [0.2, 0.25) is 0 Å². The summed E-state index contributed by atoms with van der Waals surface area (Å²) in [5.41, 5.74) is 0.491. The van der Waals surface area contributed by atoms with Crippen molar-refractivity contribution in [2.45, 2.75) is 13.0 Å². The molecule has 0 spiro atoms. The number of nitro benzene ring substituents is 1. The molecule has 0 saturated heterocycles. The molecule has 0 unspecified atom stereocenters. The summed E-state index contributed by atoms with van der Waals surface area (Å²) in [6.45, 7) is 1.49. The van der Waals surface area contributed by atoms with Crippen LogP contribution < -0.4 is 14.8 Å². The summed E-state index contributed by atoms with van der Waals surface area (Å²) < 4.78 is 10.6. The standard InChI is InChI=1S/C17H15N3O5/c1-11(17(21)19-14-6-4-3-5-12(14)10-18)25-16-9-13(20(22)23)7-8-15(16)24-2/h3-9,11H,1-2H3,(H,19,21)/t11-/m0/s1. The van der Waals surface area contributed by atoms with Gasteiger partial charge in [-0.05, 0) is 25.1 Å². The van der Waals surface area contributed by atoms with Crippen LogP contribution in [-0.2, 0) is 4.79 Å². The predicted octanol–water partition coefficient (Wildman–Crippen LogP) is 2.88. The van der Waals surface area contributed by atoms with E-state index in [-0.39, 0.29) is 17.2 Å². The number of non-ortho nitro benzene ring substituents is 1. The van der Waals surface area contributed by atoms with Gasteiger partial charge in [0.2, 0.25) is 0 Å². The first kappa shape index (κ1) is 17.7. The first-order valence-electron chi connectivity index (χ1n) is 7.25. The van der Waals surface area contributed by atoms with Crippen molar-refractivity contribution in [1.82, 2.24) is 0 Å². The lowest BCUT2D eigenvalue weighted by atomic mass is 10.2. The van der Waals surface area contributed by atoms with Crippen LogP contribution in [0.4, 0.5) is 11.4 Å². The number of hydrogen-bond donors (Lipinski definition) is 1. The zero-order valence-corrected chi connectivity index (χ0v) is 13.6. The summed E-state index contributed by atoms with van der Waals surface area (Å²) in [5, 5.41) is 22.5. The maximum Gasteiger partial charge on any atom is 0.273 e. The van der Waals surface area contributed by atoms with Crippen molar-refractivity contribution < 1.29 is 19.2 Å². The summed E-state index contributed by atoms with van der Waals surface area (Å²) >= 11 is 0. The van der Waals surface area contributed by atoms with Gasteiger partial charge < -0.3 is 14.8 Å². The van der Waals surface area contributed by atoms with E-state index in [1.54, 1.807) is 24.3 Å². The quantitative estimate of drug-likeness (QED) is 0.638. The van der Waals surface area contributed by atoms with E-state index in [9.17, 15) is 14.9 Å². The van der Waals surface area contributed by atoms with E-state index in [0.29, 0.717) is 11.3 Å². The minimum Gasteiger partial charge on any atom is -0.493 e. The van der Waals surface area contributed by atoms with E-state index in [1.165, 1.54) is 32.2 Å². The van der Waals surface area contributed by atoms with Crippen molar-refractivity contribution in [1.29, 1.82) is 5.26 Å². The summed E-state index contributed by atoms with van der Waals surface area (Å²) in [4.78, 5) is 22.6. The van der Waals surface area contributed by atoms with Gasteiger partial charge in [-0.3, -0.25) is 14.9 Å². The van der Waals surface area contributed by atoms with Gasteiger partial charge in [0.25, 0.3) is 11.6 Å². The van der Waals surface area contributed by atoms with Crippen molar-refractivity contribution in [2.24, 2.45) is 0 Å². The number of hydrogen-bond acceptors (Lipinski definition) is 6. The van der Waals surface area contributed by atoms with Gasteiger partial charge in [-0.15, -0.1) is 0 Å². The van der Waals surface area contributed by atoms with Gasteiger partial charge in [0.1, 0.15) is 6.07 Å². The van der Waals surface area contributed by atoms with Crippen molar-refractivity contribution in [3.8, 4) is 17.6 Å². The van der Waals surface area contributed by atoms with Crippen molar-refractivity contribution in [3.05, 3.63) is 58.1 Å². The van der Waals surface area contributed by atoms with Crippen LogP contribution in [0.3, 0.4) is 0 Å². The van der Waals surface area contributed by atoms with Gasteiger partial charge >= 0.3 is 0 Å². The summed E-state index contributed by atoms with van der Waals surface area (Å²) in [6, 6.07) is 12.4. The Labute approximate surface area is 143 Å². The Morgan fingerprint density at radius 1 is 1.28 bits per heavy atom. The molecule has 0 saturated carbocycles. The summed E-state index contributed by atoms with van der Waals surface area (Å²) in [5.74, 6) is -0.160. The van der Waals surface area contributed by atoms with E-state index >= 15 is 0 Å². The normalized spacial score (nSPS) is 11.1. The zero-order chi connectivity index (χ0) is 18.4. The van der Waals surface area contributed by atoms with E-state index < -0.39 is 16.9 Å². The Morgan fingerprint density at radius 3 is 2.64 bits per heavy atom. The number of benzene rings is 2. The lowest BCUT2D eigenvalue weighted by molar-refractivity contribution is -0.385. The number of nitrogens with one attached hydrogen (secondary N) is 1. The molecule has 1 amide bonds. The Balaban J connectivity index is 2.17. The molecule has 0 aromatic heterocycles. The van der Waals surface area contributed by atoms with E-state index in [2.05, 4.69) is 5.32 Å². The molecule has 1 N–H and O–H groups in total. The van der Waals surface area contributed by atoms with Crippen molar-refractivity contribution >= 4 is 17.3 Å². The molecule has 0 radical (unpaired) electrons. The molecule has 2 aromatic carbocycles. The second kappa shape index (κ2) is 7.79. The molecule has 8 nitrogen and oxygen atoms in total. The van der Waals surface area contributed by atoms with Crippen LogP contribution in [0.1, 0.15) is 12.5 Å². The molecule has 2 rings (SSSR count). The molecule has 25 heavy (non-hydrogen) atoms. The number of anilines is 1. The molecule has 1 atom stereocenters. The van der Waals surface area contributed by atoms with Gasteiger partial charge in [0.05, 0.1) is 29.4 Å². The van der Waals surface area contributed by atoms with Gasteiger partial charge in [-0.25, -0.2) is 0 Å². The fourth-order valence-electron chi connectivity index (χ4n) is 2.04. The van der Waals surface area contributed by atoms with Crippen LogP contribution in [0.15, 0.2) is 42.5 Å². The molecular formula is C17H15N3O5. The molecule has 0 aliphatic carbocycles. The van der Waals surface area contributed by atoms with Crippen LogP contribution in [0.25, 0.3) is 0 Å². The smallest absolute Gasteiger partial charge is 0.273 e. The summed E-state index contributed by atoms with van der Waals surface area (Å²) in [6.07, 6.45) is -0.970. The number of carbonyl (C=O) groups excluding carboxylic acids is 1. The monoisotopic (exact) mass is 341 g/mol. The topological polar surface area (TPSA) is 114 Å². The molecule has 0 aliphatic rings. The number of methoxy groups -OCH3 is 1. The maximum absolute atomic E-state index is 12.3. The van der Waals surface area contributed by atoms with Gasteiger partial charge in [0.15, 0.2) is 17.6 Å². The highest BCUT2D eigenvalue weighted by Gasteiger charge is 2.20. The molecular weight excluding hydrogens is 326 g/mol. The number of nitriles is 1. The fourth-order valence-corrected chi connectivity index (χ4v) is 2.04. The van der Waals surface area contributed by atoms with Crippen molar-refractivity contribution in [3.63, 3.8) is 0 Å². The van der Waals surface area contributed by atoms with Crippen LogP contribution in [-0.4, -0.2) is 24.0 Å². The average Bonchev–Trinajstić information content (AvgIpc) is 2.61. The predicted molar refractivity (Wildman–Crippen MR) is 89.5 cm³/mol. The number of nitrogens with zero attached hydrogens (tertiary/aromatic N) is 2. The molecule has 8 heteroatoms. The van der Waals surface area contributed by atoms with Gasteiger partial charge in [-0.2, -0.15) is 5.26 Å². The molecule has 0 bridgehead atoms. The highest BCUT2D eigenvalue weighted by atomic mass is 16.6. The SMILES string of the molecule is COc1ccc([N+](=O)[O-])cc1O[C@@H](C)C(=O)Nc1ccccc1C#N. The number of amides is 1. The average molecular weight is 341 g/mol. The third-order valence-electron chi connectivity index (χ3n) is 3.34. The third-order valence-corrected chi connectivity index (χ3v) is 3.34. The van der Waals surface area contributed by atoms with Crippen molar-refractivity contribution in [2.75, 3.05) is 12.4 Å². The van der Waals surface area contributed by atoms with Crippen LogP contribution in [0.5, 0.6) is 11.5 Å². The number of ether oxygens (including phenoxy) is 2. The Kier molecular flexibility index (Phi) is 5.53. The maximum atomic E-state index is 12.3.